The van der Waals surface area contributed by atoms with Gasteiger partial charge in [-0.2, -0.15) is 0 Å². The Kier molecular flexibility index (Phi) is 5.49. The van der Waals surface area contributed by atoms with Gasteiger partial charge in [-0.1, -0.05) is 6.61 Å². The molecule has 32 heavy (non-hydrogen) atoms. The summed E-state index contributed by atoms with van der Waals surface area (Å²) in [5.41, 5.74) is -0.650. The van der Waals surface area contributed by atoms with Crippen molar-refractivity contribution in [2.24, 2.45) is 17.8 Å². The van der Waals surface area contributed by atoms with Crippen molar-refractivity contribution in [3.8, 4) is 0 Å². The van der Waals surface area contributed by atoms with Crippen LogP contribution in [0, 0.1) is 24.4 Å². The normalized spacial score (nSPS) is 33.8. The van der Waals surface area contributed by atoms with E-state index in [2.05, 4.69) is 4.74 Å². The van der Waals surface area contributed by atoms with E-state index in [9.17, 15) is 36.1 Å². The van der Waals surface area contributed by atoms with Crippen molar-refractivity contribution < 1.29 is 45.6 Å². The van der Waals surface area contributed by atoms with Gasteiger partial charge in [-0.25, -0.2) is 17.2 Å². The van der Waals surface area contributed by atoms with Crippen LogP contribution in [-0.2, 0) is 34.0 Å². The fourth-order valence-corrected chi connectivity index (χ4v) is 6.86. The molecule has 9 nitrogen and oxygen atoms in total. The molecule has 2 bridgehead atoms. The maximum atomic E-state index is 13.4. The predicted octanol–water partition coefficient (Wildman–Crippen LogP) is 0.890. The molecule has 3 heterocycles. The van der Waals surface area contributed by atoms with E-state index in [4.69, 9.17) is 4.74 Å². The fourth-order valence-electron chi connectivity index (χ4n) is 4.62. The van der Waals surface area contributed by atoms with E-state index in [1.54, 1.807) is 25.7 Å². The Morgan fingerprint density at radius 1 is 1.19 bits per heavy atom. The van der Waals surface area contributed by atoms with Gasteiger partial charge in [-0.3, -0.25) is 14.4 Å². The van der Waals surface area contributed by atoms with Crippen LogP contribution < -0.4 is 0 Å². The zero-order valence-electron chi connectivity index (χ0n) is 17.5. The van der Waals surface area contributed by atoms with Crippen molar-refractivity contribution in [2.75, 3.05) is 0 Å². The number of esters is 2. The van der Waals surface area contributed by atoms with E-state index in [-0.39, 0.29) is 11.8 Å². The minimum atomic E-state index is -6.08. The van der Waals surface area contributed by atoms with Gasteiger partial charge in [0.2, 0.25) is 5.91 Å². The van der Waals surface area contributed by atoms with Crippen LogP contribution in [0.5, 0.6) is 0 Å². The molecule has 6 atom stereocenters. The number of hydrogen-bond donors (Lipinski definition) is 0. The molecule has 0 spiro atoms. The van der Waals surface area contributed by atoms with E-state index in [1.165, 1.54) is 11.8 Å². The number of nitrogens with zero attached hydrogens (tertiary/aromatic N) is 1. The van der Waals surface area contributed by atoms with E-state index in [0.29, 0.717) is 12.8 Å². The number of carbonyl (C=O) groups excluding carboxylic acids is 3. The maximum absolute atomic E-state index is 13.4. The number of thioether (sulfide) groups is 1. The second-order valence-electron chi connectivity index (χ2n) is 9.23. The van der Waals surface area contributed by atoms with Crippen LogP contribution in [0.25, 0.3) is 0 Å². The summed E-state index contributed by atoms with van der Waals surface area (Å²) in [5.74, 6) is -4.39. The summed E-state index contributed by atoms with van der Waals surface area (Å²) in [4.78, 5) is 39.8. The molecular formula is C18H21F2NO8RfS2-2. The summed E-state index contributed by atoms with van der Waals surface area (Å²) in [6.45, 7) is 4.79. The predicted molar refractivity (Wildman–Crippen MR) is 100 cm³/mol. The van der Waals surface area contributed by atoms with Crippen LogP contribution >= 0.6 is 11.8 Å². The number of rotatable bonds is 6. The molecule has 176 valence electrons. The van der Waals surface area contributed by atoms with Crippen molar-refractivity contribution in [1.82, 2.24) is 4.90 Å². The van der Waals surface area contributed by atoms with Gasteiger partial charge in [0.1, 0.15) is 16.2 Å². The molecule has 6 unspecified atom stereocenters. The summed E-state index contributed by atoms with van der Waals surface area (Å²) in [6.07, 6.45) is 0.564. The number of carbonyl (C=O) groups is 3. The molecule has 0 radical (unpaired) electrons. The van der Waals surface area contributed by atoms with E-state index < -0.39 is 73.9 Å². The fraction of sp³-hybridized carbons (Fsp3) is 0.778. The minimum absolute atomic E-state index is 0. The number of hydrogen-bond acceptors (Lipinski definition) is 9. The Morgan fingerprint density at radius 2 is 1.78 bits per heavy atom. The number of ether oxygens (including phenoxy) is 2. The summed E-state index contributed by atoms with van der Waals surface area (Å²) in [6, 6.07) is -0.466. The molecule has 3 aliphatic heterocycles. The number of halogens is 2. The van der Waals surface area contributed by atoms with Gasteiger partial charge < -0.3 is 18.9 Å². The molecule has 3 saturated heterocycles. The van der Waals surface area contributed by atoms with E-state index in [1.807, 2.05) is 0 Å². The molecule has 4 aliphatic rings. The SMILES string of the molecule is CC(C)(C)N1C(=O)C2C3SC(C(OC(=O)C4CC4)C31)C2C(=O)O[CH-]C(F)(F)S(=O)(=O)[O-].[Rf]. The molecule has 0 N–H and O–H groups in total. The monoisotopic (exact) mass is 748 g/mol. The van der Waals surface area contributed by atoms with Gasteiger partial charge in [0.25, 0.3) is 11.2 Å². The van der Waals surface area contributed by atoms with Crippen LogP contribution in [0.4, 0.5) is 8.78 Å². The van der Waals surface area contributed by atoms with Gasteiger partial charge >= 0.3 is 5.97 Å². The van der Waals surface area contributed by atoms with Gasteiger partial charge in [0, 0.05) is 10.8 Å². The third-order valence-corrected chi connectivity index (χ3v) is 8.56. The molecular weight excluding hydrogens is 727 g/mol. The smallest absolute Gasteiger partial charge is 0.309 e. The Labute approximate surface area is 181 Å². The average Bonchev–Trinajstić information content (AvgIpc) is 3.27. The first-order valence-electron chi connectivity index (χ1n) is 9.72. The molecule has 1 amide bonds. The molecule has 4 fully saturated rings. The summed E-state index contributed by atoms with van der Waals surface area (Å²) < 4.78 is 68.8. The van der Waals surface area contributed by atoms with Crippen LogP contribution in [0.1, 0.15) is 33.6 Å². The molecule has 4 rings (SSSR count). The number of likely N-dealkylation sites (tertiary alicyclic amines) is 1. The second kappa shape index (κ2) is 7.27. The quantitative estimate of drug-likeness (QED) is 0.221. The van der Waals surface area contributed by atoms with Crippen molar-refractivity contribution >= 4 is 39.7 Å². The van der Waals surface area contributed by atoms with Crippen LogP contribution in [0.3, 0.4) is 0 Å². The Hall–Kier alpha value is -2.47. The molecule has 1 saturated carbocycles. The first-order valence-corrected chi connectivity index (χ1v) is 12.1. The van der Waals surface area contributed by atoms with Crippen molar-refractivity contribution in [1.29, 1.82) is 0 Å². The van der Waals surface area contributed by atoms with Crippen LogP contribution in [0.2, 0.25) is 0 Å². The number of amides is 1. The standard InChI is InChI=1S/C18H22F2NO8S2.Rf/c1-17(2,3)21-10-11(29-15(23)7-4-5-7)13-9(8(14(21)22)12(10)30-13)16(24)28-6-18(19,20)31(25,26)27;/h6-13H,4-5H2,1-3H3,(H,25,26,27);/q-1;/p-1. The molecule has 1 aliphatic carbocycles. The van der Waals surface area contributed by atoms with Crippen molar-refractivity contribution in [3.63, 3.8) is 0 Å². The number of fused-ring (bicyclic) bond motifs is 1. The second-order valence-corrected chi connectivity index (χ2v) is 12.0. The molecule has 0 aromatic carbocycles. The van der Waals surface area contributed by atoms with Gasteiger partial charge in [0.15, 0.2) is 0 Å². The summed E-state index contributed by atoms with van der Waals surface area (Å²) >= 11 is 1.27. The van der Waals surface area contributed by atoms with E-state index >= 15 is 0 Å². The van der Waals surface area contributed by atoms with Crippen LogP contribution in [-0.4, -0.2) is 69.2 Å². The third-order valence-electron chi connectivity index (χ3n) is 6.03. The minimum Gasteiger partial charge on any atom is -0.746 e. The van der Waals surface area contributed by atoms with Gasteiger partial charge in [-0.15, -0.1) is 11.8 Å². The molecule has 0 aromatic rings. The first kappa shape index (κ1) is 24.2. The topological polar surface area (TPSA) is 130 Å². The average molecular weight is 748 g/mol. The Balaban J connectivity index is 0.00000289. The Bertz CT molecular complexity index is 936. The summed E-state index contributed by atoms with van der Waals surface area (Å²) in [7, 11) is -6.08. The zero-order chi connectivity index (χ0) is 23.1. The maximum Gasteiger partial charge on any atom is 0.309 e. The Morgan fingerprint density at radius 3 is 2.28 bits per heavy atom. The first-order chi connectivity index (χ1) is 14.1. The van der Waals surface area contributed by atoms with Crippen LogP contribution in [0.15, 0.2) is 0 Å². The van der Waals surface area contributed by atoms with Gasteiger partial charge in [-0.05, 0) is 33.6 Å². The van der Waals surface area contributed by atoms with E-state index in [0.717, 1.165) is 0 Å². The van der Waals surface area contributed by atoms with Crippen molar-refractivity contribution in [2.45, 2.75) is 67.1 Å². The van der Waals surface area contributed by atoms with Gasteiger partial charge in [0.05, 0.1) is 29.0 Å². The summed E-state index contributed by atoms with van der Waals surface area (Å²) in [5, 5.41) is -6.03. The number of alkyl halides is 2. The van der Waals surface area contributed by atoms with Crippen molar-refractivity contribution in [3.05, 3.63) is 6.61 Å². The molecule has 14 heteroatoms. The third kappa shape index (κ3) is 3.58. The zero-order valence-corrected chi connectivity index (χ0v) is 25.6. The largest absolute Gasteiger partial charge is 0.746 e. The molecule has 0 aromatic heterocycles.